The molecule has 1 aliphatic heterocycles. The third kappa shape index (κ3) is 7.69. The van der Waals surface area contributed by atoms with Crippen LogP contribution in [-0.2, 0) is 22.7 Å². The molecular weight excluding hydrogens is 657 g/mol. The molecular formula is C35H41F3N6O4S. The quantitative estimate of drug-likeness (QED) is 0.291. The van der Waals surface area contributed by atoms with E-state index in [1.807, 2.05) is 11.8 Å². The molecule has 2 aromatic heterocycles. The highest BCUT2D eigenvalue weighted by atomic mass is 32.2. The molecule has 4 aliphatic carbocycles. The number of anilines is 1. The number of ether oxygens (including phenoxy) is 1. The van der Waals surface area contributed by atoms with Gasteiger partial charge in [0.15, 0.2) is 11.5 Å². The molecule has 49 heavy (non-hydrogen) atoms. The zero-order valence-electron chi connectivity index (χ0n) is 27.5. The maximum Gasteiger partial charge on any atom is 0.416 e. The predicted molar refractivity (Wildman–Crippen MR) is 177 cm³/mol. The van der Waals surface area contributed by atoms with E-state index >= 15 is 0 Å². The second-order valence-corrected chi connectivity index (χ2v) is 16.1. The normalized spacial score (nSPS) is 25.4. The lowest BCUT2D eigenvalue weighted by molar-refractivity contribution is -0.137. The summed E-state index contributed by atoms with van der Waals surface area (Å²) in [5.41, 5.74) is 0.471. The van der Waals surface area contributed by atoms with E-state index < -0.39 is 27.7 Å². The molecule has 5 aliphatic rings. The minimum Gasteiger partial charge on any atom is -0.492 e. The van der Waals surface area contributed by atoms with Gasteiger partial charge in [-0.15, -0.1) is 10.2 Å². The average Bonchev–Trinajstić information content (AvgIpc) is 3.03. The summed E-state index contributed by atoms with van der Waals surface area (Å²) in [5, 5.41) is 8.25. The summed E-state index contributed by atoms with van der Waals surface area (Å²) >= 11 is 0. The van der Waals surface area contributed by atoms with E-state index in [1.54, 1.807) is 18.2 Å². The van der Waals surface area contributed by atoms with Crippen molar-refractivity contribution in [1.82, 2.24) is 24.8 Å². The van der Waals surface area contributed by atoms with Crippen molar-refractivity contribution in [2.24, 2.45) is 23.2 Å². The smallest absolute Gasteiger partial charge is 0.416 e. The van der Waals surface area contributed by atoms with Gasteiger partial charge < -0.3 is 9.64 Å². The summed E-state index contributed by atoms with van der Waals surface area (Å²) in [6.45, 7) is 4.80. The SMILES string of the molecule is CCOc1cncc(-c2cc(CN3CCN(c4ccc(C(=O)NS(=O)(=O)CC56CC7CC(CC(C7)C5)C6)nn4)CC3)cc(C(F)(F)F)c2)c1. The van der Waals surface area contributed by atoms with Gasteiger partial charge in [0.25, 0.3) is 5.91 Å². The molecule has 4 bridgehead atoms. The molecule has 1 saturated heterocycles. The lowest BCUT2D eigenvalue weighted by Crippen LogP contribution is -2.51. The van der Waals surface area contributed by atoms with Gasteiger partial charge in [-0.3, -0.25) is 14.7 Å². The number of alkyl halides is 3. The van der Waals surface area contributed by atoms with Gasteiger partial charge in [-0.2, -0.15) is 13.2 Å². The number of rotatable bonds is 10. The number of hydrogen-bond acceptors (Lipinski definition) is 9. The molecule has 262 valence electrons. The first-order chi connectivity index (χ1) is 23.4. The van der Waals surface area contributed by atoms with Gasteiger partial charge in [-0.1, -0.05) is 0 Å². The second kappa shape index (κ2) is 13.2. The van der Waals surface area contributed by atoms with Crippen LogP contribution in [0, 0.1) is 23.2 Å². The molecule has 3 aromatic rings. The third-order valence-electron chi connectivity index (χ3n) is 10.6. The Hall–Kier alpha value is -3.78. The molecule has 0 radical (unpaired) electrons. The highest BCUT2D eigenvalue weighted by Gasteiger charge is 2.52. The van der Waals surface area contributed by atoms with E-state index in [4.69, 9.17) is 4.74 Å². The number of nitrogens with one attached hydrogen (secondary N) is 1. The molecule has 0 spiro atoms. The van der Waals surface area contributed by atoms with Crippen LogP contribution < -0.4 is 14.4 Å². The topological polar surface area (TPSA) is 118 Å². The lowest BCUT2D eigenvalue weighted by Gasteiger charge is -2.56. The number of pyridine rings is 1. The molecule has 3 heterocycles. The molecule has 0 atom stereocenters. The van der Waals surface area contributed by atoms with Crippen molar-refractivity contribution in [3.63, 3.8) is 0 Å². The molecule has 0 unspecified atom stereocenters. The standard InChI is InChI=1S/C35H41F3N6O4S/c1-2-48-30-15-28(19-39-20-30)27-12-26(13-29(14-27)35(36,37)38)21-43-5-7-44(8-6-43)32-4-3-31(40-41-32)33(45)42-49(46,47)22-34-16-23-9-24(17-34)11-25(10-23)18-34/h3-4,12-15,19-20,23-25H,2,5-11,16-18,21-22H2,1H3,(H,42,45). The summed E-state index contributed by atoms with van der Waals surface area (Å²) < 4.78 is 75.6. The number of nitrogens with zero attached hydrogens (tertiary/aromatic N) is 5. The Bertz CT molecular complexity index is 1760. The summed E-state index contributed by atoms with van der Waals surface area (Å²) in [5.74, 6) is 2.05. The predicted octanol–water partition coefficient (Wildman–Crippen LogP) is 5.55. The Kier molecular flexibility index (Phi) is 9.05. The highest BCUT2D eigenvalue weighted by Crippen LogP contribution is 2.60. The Morgan fingerprint density at radius 3 is 2.24 bits per heavy atom. The minimum atomic E-state index is -4.51. The molecule has 1 N–H and O–H groups in total. The number of piperazine rings is 1. The summed E-state index contributed by atoms with van der Waals surface area (Å²) in [4.78, 5) is 21.1. The monoisotopic (exact) mass is 698 g/mol. The van der Waals surface area contributed by atoms with E-state index in [-0.39, 0.29) is 16.9 Å². The van der Waals surface area contributed by atoms with Crippen LogP contribution in [0.4, 0.5) is 19.0 Å². The largest absolute Gasteiger partial charge is 0.492 e. The van der Waals surface area contributed by atoms with Gasteiger partial charge in [-0.05, 0) is 116 Å². The third-order valence-corrected chi connectivity index (χ3v) is 12.1. The molecule has 14 heteroatoms. The van der Waals surface area contributed by atoms with Crippen LogP contribution >= 0.6 is 0 Å². The zero-order chi connectivity index (χ0) is 34.4. The number of hydrogen-bond donors (Lipinski definition) is 1. The highest BCUT2D eigenvalue weighted by molar-refractivity contribution is 7.90. The number of carbonyl (C=O) groups is 1. The van der Waals surface area contributed by atoms with Gasteiger partial charge in [0.2, 0.25) is 10.0 Å². The minimum absolute atomic E-state index is 0.0227. The van der Waals surface area contributed by atoms with Crippen LogP contribution in [0.5, 0.6) is 5.75 Å². The fraction of sp³-hybridized carbons (Fsp3) is 0.543. The molecule has 10 nitrogen and oxygen atoms in total. The van der Waals surface area contributed by atoms with Gasteiger partial charge in [-0.25, -0.2) is 13.1 Å². The first-order valence-corrected chi connectivity index (χ1v) is 18.7. The fourth-order valence-electron chi connectivity index (χ4n) is 9.04. The Morgan fingerprint density at radius 1 is 0.939 bits per heavy atom. The number of halogens is 3. The van der Waals surface area contributed by atoms with Crippen molar-refractivity contribution in [2.45, 2.75) is 58.2 Å². The van der Waals surface area contributed by atoms with Crippen molar-refractivity contribution in [1.29, 1.82) is 0 Å². The summed E-state index contributed by atoms with van der Waals surface area (Å²) in [6.07, 6.45) is 4.97. The van der Waals surface area contributed by atoms with Gasteiger partial charge in [0.05, 0.1) is 24.1 Å². The van der Waals surface area contributed by atoms with E-state index in [0.717, 1.165) is 25.3 Å². The van der Waals surface area contributed by atoms with Gasteiger partial charge in [0.1, 0.15) is 5.75 Å². The maximum absolute atomic E-state index is 13.9. The van der Waals surface area contributed by atoms with Crippen LogP contribution in [0.25, 0.3) is 11.1 Å². The van der Waals surface area contributed by atoms with Crippen LogP contribution in [0.2, 0.25) is 0 Å². The van der Waals surface area contributed by atoms with Crippen molar-refractivity contribution in [3.8, 4) is 16.9 Å². The number of sulfonamides is 1. The molecule has 1 aromatic carbocycles. The van der Waals surface area contributed by atoms with Crippen LogP contribution in [0.3, 0.4) is 0 Å². The van der Waals surface area contributed by atoms with Crippen molar-refractivity contribution in [3.05, 3.63) is 65.6 Å². The molecule has 8 rings (SSSR count). The molecule has 5 fully saturated rings. The summed E-state index contributed by atoms with van der Waals surface area (Å²) in [6, 6.07) is 8.89. The van der Waals surface area contributed by atoms with Crippen molar-refractivity contribution in [2.75, 3.05) is 43.4 Å². The van der Waals surface area contributed by atoms with Crippen LogP contribution in [0.15, 0.2) is 48.8 Å². The summed E-state index contributed by atoms with van der Waals surface area (Å²) in [7, 11) is -3.84. The first kappa shape index (κ1) is 33.7. The molecule has 4 saturated carbocycles. The van der Waals surface area contributed by atoms with Gasteiger partial charge >= 0.3 is 6.18 Å². The zero-order valence-corrected chi connectivity index (χ0v) is 28.3. The van der Waals surface area contributed by atoms with E-state index in [9.17, 15) is 26.4 Å². The Morgan fingerprint density at radius 2 is 1.63 bits per heavy atom. The number of carbonyl (C=O) groups excluding carboxylic acids is 1. The average molecular weight is 699 g/mol. The van der Waals surface area contributed by atoms with Crippen molar-refractivity contribution < 1.29 is 31.1 Å². The van der Waals surface area contributed by atoms with Crippen LogP contribution in [-0.4, -0.2) is 72.9 Å². The van der Waals surface area contributed by atoms with E-state index in [0.29, 0.717) is 85.3 Å². The van der Waals surface area contributed by atoms with Crippen LogP contribution in [0.1, 0.15) is 67.1 Å². The number of amides is 1. The lowest BCUT2D eigenvalue weighted by atomic mass is 9.50. The molecule has 1 amide bonds. The maximum atomic E-state index is 13.9. The Labute approximate surface area is 284 Å². The fourth-order valence-corrected chi connectivity index (χ4v) is 10.7. The van der Waals surface area contributed by atoms with Crippen molar-refractivity contribution >= 4 is 21.7 Å². The number of benzene rings is 1. The number of aromatic nitrogens is 3. The first-order valence-electron chi connectivity index (χ1n) is 17.0. The van der Waals surface area contributed by atoms with Gasteiger partial charge in [0, 0.05) is 44.5 Å². The second-order valence-electron chi connectivity index (χ2n) is 14.4. The van der Waals surface area contributed by atoms with E-state index in [2.05, 4.69) is 24.8 Å². The van der Waals surface area contributed by atoms with E-state index in [1.165, 1.54) is 43.8 Å². The Balaban J connectivity index is 0.954.